The Kier molecular flexibility index (Phi) is 27.7. The highest BCUT2D eigenvalue weighted by atomic mass is 125. The molecule has 79 heavy (non-hydrogen) atoms. The average molecular weight is 1260 g/mol. The molecule has 2 aromatic carbocycles. The normalized spacial score (nSPS) is 13.4. The summed E-state index contributed by atoms with van der Waals surface area (Å²) >= 11 is 3.09. The van der Waals surface area contributed by atoms with Gasteiger partial charge in [-0.1, -0.05) is 62.3 Å². The van der Waals surface area contributed by atoms with Crippen molar-refractivity contribution in [3.05, 3.63) is 50.5 Å². The van der Waals surface area contributed by atoms with E-state index in [1.807, 2.05) is 49.4 Å². The Morgan fingerprint density at radius 2 is 1.19 bits per heavy atom. The van der Waals surface area contributed by atoms with Gasteiger partial charge in [-0.15, -0.1) is 11.3 Å². The number of phenolic OH excluding ortho intramolecular Hbond substituents is 1. The van der Waals surface area contributed by atoms with Crippen molar-refractivity contribution in [2.45, 2.75) is 127 Å². The second-order valence-electron chi connectivity index (χ2n) is 19.3. The van der Waals surface area contributed by atoms with E-state index in [0.717, 1.165) is 11.3 Å². The van der Waals surface area contributed by atoms with Crippen molar-refractivity contribution < 1.29 is 38.7 Å². The van der Waals surface area contributed by atoms with Gasteiger partial charge >= 0.3 is 0 Å². The summed E-state index contributed by atoms with van der Waals surface area (Å²) in [5.74, 6) is -6.00. The lowest BCUT2D eigenvalue weighted by Gasteiger charge is -2.29. The number of carbonyl (C=O) groups is 7. The van der Waals surface area contributed by atoms with Crippen molar-refractivity contribution in [3.63, 3.8) is 0 Å². The molecule has 0 aliphatic carbocycles. The van der Waals surface area contributed by atoms with E-state index in [1.165, 1.54) is 34.6 Å². The zero-order chi connectivity index (χ0) is 59.0. The Balaban J connectivity index is 2.00. The Morgan fingerprint density at radius 3 is 1.68 bits per heavy atom. The highest BCUT2D eigenvalue weighted by molar-refractivity contribution is 14.1. The van der Waals surface area contributed by atoms with Gasteiger partial charge in [0.1, 0.15) is 48.1 Å². The first-order valence-corrected chi connectivity index (χ1v) is 29.2. The van der Waals surface area contributed by atoms with Crippen LogP contribution in [-0.4, -0.2) is 136 Å². The Labute approximate surface area is 484 Å². The molecule has 26 nitrogen and oxygen atoms in total. The van der Waals surface area contributed by atoms with Crippen LogP contribution in [0.1, 0.15) is 90.6 Å². The van der Waals surface area contributed by atoms with E-state index in [1.54, 1.807) is 44.2 Å². The molecule has 1 aromatic heterocycles. The van der Waals surface area contributed by atoms with Crippen molar-refractivity contribution >= 4 is 131 Å². The number of rotatable bonds is 31. The monoisotopic (exact) mass is 1260 g/mol. The number of phenols is 1. The molecule has 0 bridgehead atoms. The molecule has 30 heteroatoms. The first kappa shape index (κ1) is 66.4. The van der Waals surface area contributed by atoms with Gasteiger partial charge in [0.2, 0.25) is 41.4 Å². The third-order valence-electron chi connectivity index (χ3n) is 11.1. The number of hydrogen-bond acceptors (Lipinski definition) is 16. The topological polar surface area (TPSA) is 454 Å². The van der Waals surface area contributed by atoms with Gasteiger partial charge in [-0.2, -0.15) is 5.26 Å². The van der Waals surface area contributed by atoms with Crippen LogP contribution in [0.3, 0.4) is 0 Å². The number of aromatic nitrogens is 1. The molecule has 0 radical (unpaired) electrons. The molecule has 0 fully saturated rings. The first-order chi connectivity index (χ1) is 37.1. The maximum Gasteiger partial charge on any atom is 0.247 e. The Bertz CT molecular complexity index is 2740. The van der Waals surface area contributed by atoms with E-state index in [2.05, 4.69) is 57.2 Å². The number of hydrogen-bond donors (Lipinski definition) is 14. The van der Waals surface area contributed by atoms with Crippen LogP contribution in [0.25, 0.3) is 10.2 Å². The summed E-state index contributed by atoms with van der Waals surface area (Å²) in [5.41, 5.74) is 34.7. The van der Waals surface area contributed by atoms with Crippen LogP contribution in [0.5, 0.6) is 5.75 Å². The van der Waals surface area contributed by atoms with E-state index in [0.29, 0.717) is 31.5 Å². The number of benzene rings is 2. The second-order valence-corrected chi connectivity index (χ2v) is 24.7. The summed E-state index contributed by atoms with van der Waals surface area (Å²) in [4.78, 5) is 114. The highest BCUT2D eigenvalue weighted by Crippen LogP contribution is 2.35. The Morgan fingerprint density at radius 1 is 0.696 bits per heavy atom. The number of halogens is 1. The highest BCUT2D eigenvalue weighted by Gasteiger charge is 2.35. The number of amides is 7. The number of nitrogens with one attached hydrogen (secondary N) is 7. The van der Waals surface area contributed by atoms with Crippen LogP contribution in [0.2, 0.25) is 0 Å². The number of fused-ring (bicyclic) bond motifs is 1. The largest absolute Gasteiger partial charge is 0.507 e. The van der Waals surface area contributed by atoms with Gasteiger partial charge in [-0.3, -0.25) is 48.5 Å². The number of nitriles is 1. The molecular formula is C49H73IN18O8S3. The number of nitrogens with zero attached hydrogens (tertiary/aromatic N) is 5. The summed E-state index contributed by atoms with van der Waals surface area (Å²) in [6, 6.07) is 4.13. The van der Waals surface area contributed by atoms with Gasteiger partial charge in [0, 0.05) is 49.2 Å². The van der Waals surface area contributed by atoms with E-state index in [9.17, 15) is 43.9 Å². The number of anilines is 1. The molecule has 6 atom stereocenters. The van der Waals surface area contributed by atoms with Crippen molar-refractivity contribution in [2.75, 3.05) is 30.7 Å². The molecule has 0 aliphatic heterocycles. The summed E-state index contributed by atoms with van der Waals surface area (Å²) < 4.78 is 0.856. The molecule has 3 rings (SSSR count). The van der Waals surface area contributed by atoms with Gasteiger partial charge in [0.25, 0.3) is 0 Å². The van der Waals surface area contributed by atoms with Gasteiger partial charge in [0.05, 0.1) is 13.8 Å². The molecule has 0 saturated heterocycles. The zero-order valence-corrected chi connectivity index (χ0v) is 49.5. The van der Waals surface area contributed by atoms with Gasteiger partial charge in [0.15, 0.2) is 22.9 Å². The predicted octanol–water partition coefficient (Wildman–Crippen LogP) is 0.585. The number of carbonyl (C=O) groups excluding carboxylic acids is 7. The van der Waals surface area contributed by atoms with Crippen LogP contribution in [0.15, 0.2) is 51.4 Å². The standard InChI is InChI=1S/C49H73IN18O8S3/c1-25(2)39(68-42(73)31(61-26(3)69)10-7-17-58-46(52)53)45(76)65-33(12-9-19-60-48(56)57)40(71)64-32(11-8-18-59-47(54)55)41(72)67-35(24-77-79-49(4,5)6)44(75)66-34(21-27-13-16-36(70)29(50)20-27)43(74)62-28-14-15-30-37(22-28)78-38(23-51)63-30/h13-16,20,22,25,31-35,39,70H,7-12,17-19,21,24H2,1-6H3,(H,61,69)(H,62,74)(H,64,71)(H,65,76)(H,66,75)(H,67,72)(H,68,73)(H4,52,53,58)(H4,54,55,59)(H4,56,57,60)/t31-,32-,33-,34-,35-,39-/m0/s1/i50-2. The fourth-order valence-electron chi connectivity index (χ4n) is 7.29. The lowest BCUT2D eigenvalue weighted by atomic mass is 10.0. The molecule has 3 aromatic rings. The molecular weight excluding hydrogens is 1190 g/mol. The molecule has 432 valence electrons. The number of guanidine groups is 3. The minimum atomic E-state index is -1.37. The fraction of sp³-hybridized carbons (Fsp3) is 0.510. The van der Waals surface area contributed by atoms with Crippen LogP contribution >= 0.6 is 55.5 Å². The van der Waals surface area contributed by atoms with E-state index in [4.69, 9.17) is 34.4 Å². The molecule has 0 aliphatic rings. The molecule has 0 spiro atoms. The van der Waals surface area contributed by atoms with E-state index < -0.39 is 83.5 Å². The second kappa shape index (κ2) is 32.9. The summed E-state index contributed by atoms with van der Waals surface area (Å²) in [6.07, 6.45) is 0.600. The summed E-state index contributed by atoms with van der Waals surface area (Å²) in [5, 5.41) is 39.1. The van der Waals surface area contributed by atoms with Crippen LogP contribution in [0.4, 0.5) is 5.69 Å². The van der Waals surface area contributed by atoms with Gasteiger partial charge in [-0.25, -0.2) is 4.98 Å². The molecule has 0 saturated carbocycles. The molecule has 20 N–H and O–H groups in total. The fourth-order valence-corrected chi connectivity index (χ4v) is 11.1. The Hall–Kier alpha value is -6.85. The van der Waals surface area contributed by atoms with Crippen LogP contribution in [0, 0.1) is 20.8 Å². The predicted molar refractivity (Wildman–Crippen MR) is 319 cm³/mol. The van der Waals surface area contributed by atoms with Crippen molar-refractivity contribution in [3.8, 4) is 11.8 Å². The first-order valence-electron chi connectivity index (χ1n) is 25.0. The molecule has 0 unspecified atom stereocenters. The molecule has 1 heterocycles. The third-order valence-corrected chi connectivity index (χ3v) is 16.2. The smallest absolute Gasteiger partial charge is 0.247 e. The quantitative estimate of drug-likeness (QED) is 0.0138. The minimum absolute atomic E-state index is 0.00621. The third kappa shape index (κ3) is 24.8. The maximum atomic E-state index is 14.6. The summed E-state index contributed by atoms with van der Waals surface area (Å²) in [7, 11) is 2.74. The lowest BCUT2D eigenvalue weighted by molar-refractivity contribution is -0.135. The number of nitrogens with two attached hydrogens (primary N) is 6. The van der Waals surface area contributed by atoms with Crippen molar-refractivity contribution in [1.82, 2.24) is 36.9 Å². The SMILES string of the molecule is CC(=O)N[C@@H](CCCN=C(N)N)C(=O)N[C@H](C(=O)N[C@@H](CCCN=C(N)N)C(=O)N[C@@H](CCCN=C(N)N)C(=O)N[C@@H](CSSC(C)(C)C)C(=O)N[C@@H](Cc1ccc(O)c([125I])c1)C(=O)Nc1ccc2nc(C#N)sc2c1)C(C)C. The molecule has 7 amide bonds. The van der Waals surface area contributed by atoms with Crippen LogP contribution < -0.4 is 71.6 Å². The lowest BCUT2D eigenvalue weighted by Crippen LogP contribution is -2.60. The zero-order valence-electron chi connectivity index (χ0n) is 44.9. The van der Waals surface area contributed by atoms with Gasteiger partial charge < -0.3 is 76.7 Å². The van der Waals surface area contributed by atoms with Crippen molar-refractivity contribution in [1.29, 1.82) is 5.26 Å². The van der Waals surface area contributed by atoms with E-state index >= 15 is 0 Å². The number of thiazole rings is 1. The average Bonchev–Trinajstić information content (AvgIpc) is 3.78. The summed E-state index contributed by atoms with van der Waals surface area (Å²) in [6.45, 7) is 10.8. The number of aromatic hydroxyl groups is 1. The van der Waals surface area contributed by atoms with E-state index in [-0.39, 0.29) is 97.3 Å². The number of aliphatic imine (C=N–C) groups is 3. The van der Waals surface area contributed by atoms with Crippen molar-refractivity contribution in [2.24, 2.45) is 55.3 Å². The minimum Gasteiger partial charge on any atom is -0.507 e. The maximum absolute atomic E-state index is 14.6. The van der Waals surface area contributed by atoms with Gasteiger partial charge in [-0.05, 0) is 103 Å². The van der Waals surface area contributed by atoms with Crippen LogP contribution in [-0.2, 0) is 40.0 Å².